The zero-order valence-electron chi connectivity index (χ0n) is 13.6. The first kappa shape index (κ1) is 11.9. The van der Waals surface area contributed by atoms with E-state index >= 15 is 0 Å². The van der Waals surface area contributed by atoms with Crippen molar-refractivity contribution in [2.45, 2.75) is 0 Å². The Bertz CT molecular complexity index is 742. The van der Waals surface area contributed by atoms with Gasteiger partial charge in [0.05, 0.1) is 5.41 Å². The molecule has 9 rings (SSSR count). The third-order valence-electron chi connectivity index (χ3n) is 9.59. The summed E-state index contributed by atoms with van der Waals surface area (Å²) in [6.07, 6.45) is 1.88. The van der Waals surface area contributed by atoms with E-state index in [-0.39, 0.29) is 5.41 Å². The topological polar surface area (TPSA) is 36.4 Å². The van der Waals surface area contributed by atoms with Gasteiger partial charge in [0.1, 0.15) is 5.82 Å². The Morgan fingerprint density at radius 3 is 2.21 bits per heavy atom. The largest absolute Gasteiger partial charge is 0.356 e. The summed E-state index contributed by atoms with van der Waals surface area (Å²) in [6.45, 7) is 4.16. The highest BCUT2D eigenvalue weighted by Crippen LogP contribution is 3.06. The van der Waals surface area contributed by atoms with Crippen LogP contribution >= 0.6 is 0 Å². The Morgan fingerprint density at radius 1 is 0.958 bits per heavy atom. The van der Waals surface area contributed by atoms with Gasteiger partial charge < -0.3 is 9.80 Å². The third-order valence-corrected chi connectivity index (χ3v) is 9.59. The number of anilines is 1. The predicted octanol–water partition coefficient (Wildman–Crippen LogP) is 1.34. The van der Waals surface area contributed by atoms with Gasteiger partial charge in [-0.3, -0.25) is 4.79 Å². The van der Waals surface area contributed by atoms with Gasteiger partial charge in [-0.1, -0.05) is 6.07 Å². The molecule has 3 heterocycles. The maximum Gasteiger partial charge on any atom is 0.229 e. The Labute approximate surface area is 141 Å². The summed E-state index contributed by atoms with van der Waals surface area (Å²) in [7, 11) is 0. The van der Waals surface area contributed by atoms with Crippen LogP contribution in [0.15, 0.2) is 24.4 Å². The average Bonchev–Trinajstić information content (AvgIpc) is 3.21. The molecular weight excluding hydrogens is 298 g/mol. The first-order chi connectivity index (χ1) is 11.8. The van der Waals surface area contributed by atoms with E-state index in [1.807, 2.05) is 12.3 Å². The molecule has 0 bridgehead atoms. The zero-order chi connectivity index (χ0) is 15.4. The molecule has 6 aliphatic carbocycles. The number of carbonyl (C=O) groups excluding carboxylic acids is 1. The molecule has 0 spiro atoms. The molecule has 24 heavy (non-hydrogen) atoms. The molecule has 8 fully saturated rings. The first-order valence-corrected chi connectivity index (χ1v) is 9.77. The first-order valence-electron chi connectivity index (χ1n) is 9.77. The molecule has 0 unspecified atom stereocenters. The number of amides is 1. The maximum atomic E-state index is 13.3. The molecule has 8 aliphatic rings. The lowest BCUT2D eigenvalue weighted by Gasteiger charge is -3.06. The van der Waals surface area contributed by atoms with Gasteiger partial charge in [-0.05, 0) is 53.6 Å². The SMILES string of the molecule is O=C(N1C[C@@H]2CN(c3ccccn3)C[C@@H]2C1)C12C3C4C5C3C1C5C42. The van der Waals surface area contributed by atoms with Crippen LogP contribution in [-0.2, 0) is 4.79 Å². The van der Waals surface area contributed by atoms with Gasteiger partial charge in [-0.2, -0.15) is 0 Å². The smallest absolute Gasteiger partial charge is 0.229 e. The van der Waals surface area contributed by atoms with Gasteiger partial charge in [0.2, 0.25) is 5.91 Å². The lowest BCUT2D eigenvalue weighted by atomic mass is 8.96. The van der Waals surface area contributed by atoms with Crippen LogP contribution in [0.3, 0.4) is 0 Å². The summed E-state index contributed by atoms with van der Waals surface area (Å²) >= 11 is 0. The van der Waals surface area contributed by atoms with Crippen LogP contribution in [0.1, 0.15) is 0 Å². The Hall–Kier alpha value is -1.58. The predicted molar refractivity (Wildman–Crippen MR) is 86.9 cm³/mol. The van der Waals surface area contributed by atoms with Gasteiger partial charge in [0, 0.05) is 44.2 Å². The van der Waals surface area contributed by atoms with Gasteiger partial charge in [-0.25, -0.2) is 4.98 Å². The van der Waals surface area contributed by atoms with Crippen LogP contribution in [0.5, 0.6) is 0 Å². The highest BCUT2D eigenvalue weighted by atomic mass is 16.2. The Morgan fingerprint density at radius 2 is 1.62 bits per heavy atom. The number of likely N-dealkylation sites (tertiary alicyclic amines) is 1. The Balaban J connectivity index is 1.02. The fourth-order valence-corrected chi connectivity index (χ4v) is 9.02. The number of pyridine rings is 1. The Kier molecular flexibility index (Phi) is 1.61. The second-order valence-corrected chi connectivity index (χ2v) is 9.64. The van der Waals surface area contributed by atoms with Gasteiger partial charge in [0.15, 0.2) is 0 Å². The van der Waals surface area contributed by atoms with Crippen molar-refractivity contribution in [1.82, 2.24) is 9.88 Å². The lowest BCUT2D eigenvalue weighted by molar-refractivity contribution is -0.597. The molecule has 6 saturated carbocycles. The molecule has 122 valence electrons. The molecule has 1 aromatic rings. The monoisotopic (exact) mass is 319 g/mol. The number of hydrogen-bond donors (Lipinski definition) is 0. The van der Waals surface area contributed by atoms with Crippen LogP contribution in [-0.4, -0.2) is 42.0 Å². The van der Waals surface area contributed by atoms with Crippen molar-refractivity contribution in [2.24, 2.45) is 58.7 Å². The molecule has 0 N–H and O–H groups in total. The molecule has 1 amide bonds. The summed E-state index contributed by atoms with van der Waals surface area (Å²) < 4.78 is 0. The normalized spacial score (nSPS) is 58.8. The standard InChI is InChI=1S/C20H21N3O/c24-19(20-16-13-12-14(16)18(20)15(12)17(13)20)23-7-9-5-22(6-10(9)8-23)11-3-1-2-4-21-11/h1-4,9-10,12-18H,5-8H2/t9-,10+,12?,13?,14?,15?,16?,17?,18?,20?. The minimum absolute atomic E-state index is 0.202. The molecular formula is C20H21N3O. The average molecular weight is 319 g/mol. The zero-order valence-corrected chi connectivity index (χ0v) is 13.6. The van der Waals surface area contributed by atoms with E-state index in [0.717, 1.165) is 73.4 Å². The minimum atomic E-state index is 0.202. The van der Waals surface area contributed by atoms with Crippen molar-refractivity contribution in [3.05, 3.63) is 24.4 Å². The summed E-state index contributed by atoms with van der Waals surface area (Å²) in [5.74, 6) is 9.67. The summed E-state index contributed by atoms with van der Waals surface area (Å²) in [5.41, 5.74) is 0.202. The highest BCUT2D eigenvalue weighted by molar-refractivity contribution is 5.92. The quantitative estimate of drug-likeness (QED) is 0.825. The van der Waals surface area contributed by atoms with Crippen molar-refractivity contribution >= 4 is 11.7 Å². The molecule has 1 aromatic heterocycles. The second-order valence-electron chi connectivity index (χ2n) is 9.64. The van der Waals surface area contributed by atoms with Crippen LogP contribution in [0.4, 0.5) is 5.82 Å². The van der Waals surface area contributed by atoms with Crippen molar-refractivity contribution in [2.75, 3.05) is 31.1 Å². The summed E-state index contributed by atoms with van der Waals surface area (Å²) in [5, 5.41) is 0. The fourth-order valence-electron chi connectivity index (χ4n) is 9.02. The number of aromatic nitrogens is 1. The highest BCUT2D eigenvalue weighted by Gasteiger charge is 3.06. The van der Waals surface area contributed by atoms with Crippen molar-refractivity contribution in [3.63, 3.8) is 0 Å². The van der Waals surface area contributed by atoms with E-state index in [2.05, 4.69) is 26.9 Å². The molecule has 0 aromatic carbocycles. The molecule has 2 atom stereocenters. The third kappa shape index (κ3) is 0.864. The van der Waals surface area contributed by atoms with Crippen molar-refractivity contribution in [3.8, 4) is 0 Å². The van der Waals surface area contributed by atoms with Crippen molar-refractivity contribution < 1.29 is 4.79 Å². The van der Waals surface area contributed by atoms with E-state index in [1.165, 1.54) is 0 Å². The number of carbonyl (C=O) groups is 1. The van der Waals surface area contributed by atoms with Crippen LogP contribution in [0, 0.1) is 58.7 Å². The van der Waals surface area contributed by atoms with Crippen molar-refractivity contribution in [1.29, 1.82) is 0 Å². The minimum Gasteiger partial charge on any atom is -0.356 e. The lowest BCUT2D eigenvalue weighted by Crippen LogP contribution is -3.07. The maximum absolute atomic E-state index is 13.3. The molecule has 2 aliphatic heterocycles. The van der Waals surface area contributed by atoms with E-state index in [0.29, 0.717) is 17.7 Å². The van der Waals surface area contributed by atoms with Crippen LogP contribution < -0.4 is 4.90 Å². The van der Waals surface area contributed by atoms with Gasteiger partial charge >= 0.3 is 0 Å². The van der Waals surface area contributed by atoms with Crippen LogP contribution in [0.2, 0.25) is 0 Å². The van der Waals surface area contributed by atoms with E-state index < -0.39 is 0 Å². The fraction of sp³-hybridized carbons (Fsp3) is 0.700. The summed E-state index contributed by atoms with van der Waals surface area (Å²) in [6, 6.07) is 6.16. The molecule has 2 saturated heterocycles. The van der Waals surface area contributed by atoms with E-state index in [9.17, 15) is 4.79 Å². The van der Waals surface area contributed by atoms with Crippen LogP contribution in [0.25, 0.3) is 0 Å². The summed E-state index contributed by atoms with van der Waals surface area (Å²) in [4.78, 5) is 22.5. The number of hydrogen-bond acceptors (Lipinski definition) is 3. The van der Waals surface area contributed by atoms with Gasteiger partial charge in [0.25, 0.3) is 0 Å². The number of rotatable bonds is 2. The van der Waals surface area contributed by atoms with Gasteiger partial charge in [-0.15, -0.1) is 0 Å². The van der Waals surface area contributed by atoms with E-state index in [1.54, 1.807) is 0 Å². The number of nitrogens with zero attached hydrogens (tertiary/aromatic N) is 3. The molecule has 0 radical (unpaired) electrons. The van der Waals surface area contributed by atoms with E-state index in [4.69, 9.17) is 0 Å². The number of fused-ring (bicyclic) bond motifs is 1. The second kappa shape index (κ2) is 3.25. The molecule has 4 heteroatoms. The molecule has 4 nitrogen and oxygen atoms in total.